The van der Waals surface area contributed by atoms with Crippen molar-refractivity contribution in [2.24, 2.45) is 0 Å². The third-order valence-electron chi connectivity index (χ3n) is 15.3. The summed E-state index contributed by atoms with van der Waals surface area (Å²) in [4.78, 5) is 4.84. The maximum atomic E-state index is 7.27. The molecule has 0 amide bonds. The smallest absolute Gasteiger partial charge is 0.179 e. The van der Waals surface area contributed by atoms with E-state index in [4.69, 9.17) is 8.83 Å². The standard InChI is InChI=1S/C70H56N2O2/c1-41-19-23-45(5)59(31-41)71(60-32-42(2)20-24-46(60)6)55-29-27-51-37-57-63(39-53(51)35-55)73-69-67(57)65(49-15-11-9-12-16-49)66(50-17-13-10-14-18-50)68-58-38-52-28-30-56(36-54(52)40-64(58)74-70(68)69)72(61-33-43(3)21-25-47(61)7)62-34-44(4)22-26-48(62)8/h9-40H,1-8H3. The summed E-state index contributed by atoms with van der Waals surface area (Å²) in [6, 6.07) is 71.3. The Morgan fingerprint density at radius 1 is 0.297 bits per heavy atom. The molecule has 4 nitrogen and oxygen atoms in total. The summed E-state index contributed by atoms with van der Waals surface area (Å²) in [5.74, 6) is 0. The average Bonchev–Trinajstić information content (AvgIpc) is 3.98. The van der Waals surface area contributed by atoms with Gasteiger partial charge in [-0.3, -0.25) is 0 Å². The summed E-state index contributed by atoms with van der Waals surface area (Å²) >= 11 is 0. The molecule has 13 rings (SSSR count). The van der Waals surface area contributed by atoms with Crippen LogP contribution in [0.2, 0.25) is 0 Å². The molecule has 74 heavy (non-hydrogen) atoms. The highest BCUT2D eigenvalue weighted by molar-refractivity contribution is 6.31. The molecular weight excluding hydrogens is 901 g/mol. The van der Waals surface area contributed by atoms with E-state index in [9.17, 15) is 0 Å². The number of anilines is 6. The van der Waals surface area contributed by atoms with Gasteiger partial charge < -0.3 is 18.6 Å². The molecule has 0 radical (unpaired) electrons. The molecule has 13 aromatic rings. The molecule has 2 aromatic heterocycles. The molecule has 0 aliphatic heterocycles. The van der Waals surface area contributed by atoms with Crippen molar-refractivity contribution in [2.75, 3.05) is 9.80 Å². The molecule has 0 spiro atoms. The van der Waals surface area contributed by atoms with Gasteiger partial charge in [-0.05, 0) is 205 Å². The van der Waals surface area contributed by atoms with E-state index < -0.39 is 0 Å². The van der Waals surface area contributed by atoms with Crippen LogP contribution in [0.25, 0.3) is 87.7 Å². The topological polar surface area (TPSA) is 32.8 Å². The van der Waals surface area contributed by atoms with E-state index in [-0.39, 0.29) is 0 Å². The first-order chi connectivity index (χ1) is 35.9. The number of hydrogen-bond acceptors (Lipinski definition) is 4. The molecule has 0 N–H and O–H groups in total. The van der Waals surface area contributed by atoms with Crippen molar-refractivity contribution in [3.05, 3.63) is 239 Å². The minimum Gasteiger partial charge on any atom is -0.452 e. The third-order valence-corrected chi connectivity index (χ3v) is 15.3. The van der Waals surface area contributed by atoms with Crippen molar-refractivity contribution in [3.63, 3.8) is 0 Å². The van der Waals surface area contributed by atoms with Gasteiger partial charge in [0.15, 0.2) is 11.2 Å². The monoisotopic (exact) mass is 956 g/mol. The van der Waals surface area contributed by atoms with Crippen LogP contribution >= 0.6 is 0 Å². The third kappa shape index (κ3) is 7.43. The van der Waals surface area contributed by atoms with Crippen LogP contribution in [0, 0.1) is 55.4 Å². The van der Waals surface area contributed by atoms with Gasteiger partial charge in [0.2, 0.25) is 0 Å². The first kappa shape index (κ1) is 45.0. The van der Waals surface area contributed by atoms with Gasteiger partial charge in [0.1, 0.15) is 11.2 Å². The normalized spacial score (nSPS) is 11.8. The lowest BCUT2D eigenvalue weighted by Crippen LogP contribution is -2.13. The highest BCUT2D eigenvalue weighted by Crippen LogP contribution is 2.52. The molecule has 0 atom stereocenters. The molecule has 0 saturated carbocycles. The van der Waals surface area contributed by atoms with Crippen molar-refractivity contribution < 1.29 is 8.83 Å². The van der Waals surface area contributed by atoms with E-state index in [1.165, 1.54) is 67.3 Å². The maximum Gasteiger partial charge on any atom is 0.179 e. The number of benzene rings is 11. The minimum atomic E-state index is 0.744. The number of nitrogens with zero attached hydrogens (tertiary/aromatic N) is 2. The Labute approximate surface area is 432 Å². The zero-order valence-corrected chi connectivity index (χ0v) is 43.2. The summed E-state index contributed by atoms with van der Waals surface area (Å²) in [6.45, 7) is 17.5. The average molecular weight is 957 g/mol. The van der Waals surface area contributed by atoms with Crippen LogP contribution in [0.5, 0.6) is 0 Å². The molecule has 0 saturated heterocycles. The van der Waals surface area contributed by atoms with Crippen LogP contribution in [0.1, 0.15) is 44.5 Å². The predicted octanol–water partition coefficient (Wildman–Crippen LogP) is 20.5. The second-order valence-corrected chi connectivity index (χ2v) is 20.7. The molecule has 2 heterocycles. The van der Waals surface area contributed by atoms with E-state index in [1.54, 1.807) is 0 Å². The number of fused-ring (bicyclic) bond motifs is 9. The summed E-state index contributed by atoms with van der Waals surface area (Å²) in [7, 11) is 0. The van der Waals surface area contributed by atoms with Gasteiger partial charge in [-0.15, -0.1) is 0 Å². The van der Waals surface area contributed by atoms with E-state index in [2.05, 4.69) is 259 Å². The van der Waals surface area contributed by atoms with Gasteiger partial charge >= 0.3 is 0 Å². The van der Waals surface area contributed by atoms with Gasteiger partial charge in [-0.2, -0.15) is 0 Å². The van der Waals surface area contributed by atoms with Crippen LogP contribution in [0.3, 0.4) is 0 Å². The van der Waals surface area contributed by atoms with E-state index in [0.717, 1.165) is 99.1 Å². The van der Waals surface area contributed by atoms with Gasteiger partial charge in [0.25, 0.3) is 0 Å². The predicted molar refractivity (Wildman–Crippen MR) is 314 cm³/mol. The lowest BCUT2D eigenvalue weighted by Gasteiger charge is -2.29. The molecular formula is C70H56N2O2. The summed E-state index contributed by atoms with van der Waals surface area (Å²) in [6.07, 6.45) is 0. The molecule has 4 heteroatoms. The Hall–Kier alpha value is -8.86. The van der Waals surface area contributed by atoms with Crippen LogP contribution in [-0.4, -0.2) is 0 Å². The van der Waals surface area contributed by atoms with E-state index in [0.29, 0.717) is 0 Å². The van der Waals surface area contributed by atoms with Crippen molar-refractivity contribution in [2.45, 2.75) is 55.4 Å². The quantitative estimate of drug-likeness (QED) is 0.152. The second-order valence-electron chi connectivity index (χ2n) is 20.7. The zero-order valence-electron chi connectivity index (χ0n) is 43.2. The van der Waals surface area contributed by atoms with Crippen molar-refractivity contribution in [1.82, 2.24) is 0 Å². The second kappa shape index (κ2) is 17.4. The Morgan fingerprint density at radius 2 is 0.635 bits per heavy atom. The van der Waals surface area contributed by atoms with Gasteiger partial charge in [-0.1, -0.05) is 121 Å². The SMILES string of the molecule is Cc1ccc(C)c(N(c2ccc3cc4c(cc3c2)oc2c3oc5cc6cc(N(c7cc(C)ccc7C)c7cc(C)ccc7C)ccc6cc5c3c(-c3ccccc3)c(-c3ccccc3)c42)c2cc(C)ccc2C)c1. The molecule has 11 aromatic carbocycles. The van der Waals surface area contributed by atoms with Crippen LogP contribution in [-0.2, 0) is 0 Å². The fraction of sp³-hybridized carbons (Fsp3) is 0.114. The fourth-order valence-corrected chi connectivity index (χ4v) is 11.4. The summed E-state index contributed by atoms with van der Waals surface area (Å²) in [5.41, 5.74) is 24.2. The van der Waals surface area contributed by atoms with E-state index >= 15 is 0 Å². The van der Waals surface area contributed by atoms with Crippen LogP contribution in [0.15, 0.2) is 203 Å². The number of aryl methyl sites for hydroxylation is 8. The Morgan fingerprint density at radius 3 is 0.973 bits per heavy atom. The van der Waals surface area contributed by atoms with E-state index in [1.807, 2.05) is 0 Å². The number of furan rings is 2. The Kier molecular flexibility index (Phi) is 10.6. The molecule has 358 valence electrons. The van der Waals surface area contributed by atoms with Gasteiger partial charge in [0.05, 0.1) is 0 Å². The fourth-order valence-electron chi connectivity index (χ4n) is 11.4. The first-order valence-corrected chi connectivity index (χ1v) is 25.7. The minimum absolute atomic E-state index is 0.744. The number of hydrogen-bond donors (Lipinski definition) is 0. The summed E-state index contributed by atoms with van der Waals surface area (Å²) < 4.78 is 14.5. The molecule has 0 aliphatic carbocycles. The molecule has 0 fully saturated rings. The maximum absolute atomic E-state index is 7.27. The Bertz CT molecular complexity index is 4020. The molecule has 0 unspecified atom stereocenters. The van der Waals surface area contributed by atoms with Crippen LogP contribution < -0.4 is 9.80 Å². The lowest BCUT2D eigenvalue weighted by molar-refractivity contribution is 0.634. The van der Waals surface area contributed by atoms with Crippen molar-refractivity contribution >= 4 is 99.5 Å². The van der Waals surface area contributed by atoms with Crippen LogP contribution in [0.4, 0.5) is 34.1 Å². The zero-order chi connectivity index (χ0) is 50.5. The molecule has 0 aliphatic rings. The highest BCUT2D eigenvalue weighted by atomic mass is 16.4. The largest absolute Gasteiger partial charge is 0.452 e. The van der Waals surface area contributed by atoms with Gasteiger partial charge in [0, 0.05) is 66.8 Å². The first-order valence-electron chi connectivity index (χ1n) is 25.7. The number of rotatable bonds is 8. The summed E-state index contributed by atoms with van der Waals surface area (Å²) in [5, 5.41) is 8.64. The van der Waals surface area contributed by atoms with Crippen molar-refractivity contribution in [1.29, 1.82) is 0 Å². The highest BCUT2D eigenvalue weighted by Gasteiger charge is 2.28. The van der Waals surface area contributed by atoms with Gasteiger partial charge in [-0.25, -0.2) is 0 Å². The Balaban J connectivity index is 1.07. The lowest BCUT2D eigenvalue weighted by atomic mass is 9.87. The van der Waals surface area contributed by atoms with Crippen molar-refractivity contribution in [3.8, 4) is 22.3 Å². The molecule has 0 bridgehead atoms.